The van der Waals surface area contributed by atoms with Crippen LogP contribution in [0, 0.1) is 0 Å². The van der Waals surface area contributed by atoms with Crippen LogP contribution in [0.1, 0.15) is 9.67 Å². The Balaban J connectivity index is 1.53. The standard InChI is InChI=1S/C20H17BClN5O4S2/c1-31-20(28)18-16(6-9-32-18)33(29,30)25-8-7-23-17-10-15(12-4-2-3-5-14(12)22)26-19-13(21)11-24-27(17)19/h2-6,9-11,23,25H,7-8H2,1H3. The largest absolute Gasteiger partial charge is 0.465 e. The second kappa shape index (κ2) is 9.52. The van der Waals surface area contributed by atoms with Crippen molar-refractivity contribution in [2.45, 2.75) is 4.90 Å². The number of benzene rings is 1. The first-order chi connectivity index (χ1) is 15.8. The first-order valence-corrected chi connectivity index (χ1v) is 12.3. The monoisotopic (exact) mass is 501 g/mol. The van der Waals surface area contributed by atoms with E-state index in [-0.39, 0.29) is 22.9 Å². The van der Waals surface area contributed by atoms with Crippen molar-refractivity contribution in [3.63, 3.8) is 0 Å². The maximum Gasteiger partial charge on any atom is 0.349 e. The van der Waals surface area contributed by atoms with Crippen LogP contribution in [0.25, 0.3) is 16.9 Å². The number of esters is 1. The van der Waals surface area contributed by atoms with Gasteiger partial charge in [0.1, 0.15) is 23.4 Å². The molecule has 0 bridgehead atoms. The van der Waals surface area contributed by atoms with Gasteiger partial charge in [-0.15, -0.1) is 11.3 Å². The first kappa shape index (κ1) is 23.2. The number of ether oxygens (including phenoxy) is 1. The summed E-state index contributed by atoms with van der Waals surface area (Å²) in [6, 6.07) is 10.4. The van der Waals surface area contributed by atoms with Crippen LogP contribution >= 0.6 is 22.9 Å². The van der Waals surface area contributed by atoms with Crippen LogP contribution in [-0.4, -0.2) is 57.0 Å². The molecule has 4 aromatic rings. The second-order valence-electron chi connectivity index (χ2n) is 6.77. The van der Waals surface area contributed by atoms with Crippen LogP contribution in [-0.2, 0) is 14.8 Å². The SMILES string of the molecule is [B]c1cnn2c(NCCNS(=O)(=O)c3ccsc3C(=O)OC)cc(-c3ccccc3Cl)nc12. The predicted octanol–water partition coefficient (Wildman–Crippen LogP) is 2.08. The fourth-order valence-electron chi connectivity index (χ4n) is 3.12. The lowest BCUT2D eigenvalue weighted by molar-refractivity contribution is 0.0602. The molecule has 0 saturated carbocycles. The zero-order valence-corrected chi connectivity index (χ0v) is 19.7. The van der Waals surface area contributed by atoms with E-state index in [1.54, 1.807) is 12.1 Å². The molecule has 0 spiro atoms. The minimum absolute atomic E-state index is 0.0187. The highest BCUT2D eigenvalue weighted by molar-refractivity contribution is 7.89. The number of anilines is 1. The van der Waals surface area contributed by atoms with Crippen LogP contribution in [0.3, 0.4) is 0 Å². The van der Waals surface area contributed by atoms with Crippen LogP contribution in [0.4, 0.5) is 5.82 Å². The minimum Gasteiger partial charge on any atom is -0.465 e. The third-order valence-electron chi connectivity index (χ3n) is 4.66. The molecule has 0 amide bonds. The van der Waals surface area contributed by atoms with Gasteiger partial charge in [0.25, 0.3) is 0 Å². The predicted molar refractivity (Wildman–Crippen MR) is 128 cm³/mol. The molecule has 0 atom stereocenters. The second-order valence-corrected chi connectivity index (χ2v) is 9.83. The van der Waals surface area contributed by atoms with E-state index in [1.807, 2.05) is 18.2 Å². The number of halogens is 1. The molecule has 2 N–H and O–H groups in total. The number of sulfonamides is 1. The fourth-order valence-corrected chi connectivity index (χ4v) is 5.71. The first-order valence-electron chi connectivity index (χ1n) is 9.60. The van der Waals surface area contributed by atoms with E-state index in [9.17, 15) is 13.2 Å². The van der Waals surface area contributed by atoms with Gasteiger partial charge in [-0.3, -0.25) is 0 Å². The number of carbonyl (C=O) groups excluding carboxylic acids is 1. The quantitative estimate of drug-likeness (QED) is 0.216. The molecule has 13 heteroatoms. The van der Waals surface area contributed by atoms with Crippen molar-refractivity contribution in [2.24, 2.45) is 0 Å². The molecule has 1 aromatic carbocycles. The molecule has 9 nitrogen and oxygen atoms in total. The molecule has 0 aliphatic rings. The van der Waals surface area contributed by atoms with Gasteiger partial charge in [0, 0.05) is 35.9 Å². The number of nitrogens with zero attached hydrogens (tertiary/aromatic N) is 3. The fraction of sp³-hybridized carbons (Fsp3) is 0.150. The topological polar surface area (TPSA) is 115 Å². The van der Waals surface area contributed by atoms with Crippen LogP contribution in [0.2, 0.25) is 5.02 Å². The number of fused-ring (bicyclic) bond motifs is 1. The number of thiophene rings is 1. The summed E-state index contributed by atoms with van der Waals surface area (Å²) in [5, 5.41) is 9.42. The Kier molecular flexibility index (Phi) is 6.70. The highest BCUT2D eigenvalue weighted by Crippen LogP contribution is 2.28. The highest BCUT2D eigenvalue weighted by Gasteiger charge is 2.24. The van der Waals surface area contributed by atoms with Crippen LogP contribution < -0.4 is 15.5 Å². The van der Waals surface area contributed by atoms with E-state index in [0.717, 1.165) is 16.9 Å². The summed E-state index contributed by atoms with van der Waals surface area (Å²) in [7, 11) is 3.30. The number of hydrogen-bond donors (Lipinski definition) is 2. The van der Waals surface area contributed by atoms with E-state index in [2.05, 4.69) is 24.9 Å². The lowest BCUT2D eigenvalue weighted by Crippen LogP contribution is -2.30. The van der Waals surface area contributed by atoms with Crippen molar-refractivity contribution in [3.8, 4) is 11.3 Å². The summed E-state index contributed by atoms with van der Waals surface area (Å²) in [6.07, 6.45) is 1.48. The lowest BCUT2D eigenvalue weighted by atomic mass is 10.0. The van der Waals surface area contributed by atoms with Gasteiger partial charge >= 0.3 is 5.97 Å². The zero-order valence-electron chi connectivity index (χ0n) is 17.3. The van der Waals surface area contributed by atoms with Crippen molar-refractivity contribution in [1.82, 2.24) is 19.3 Å². The van der Waals surface area contributed by atoms with Crippen molar-refractivity contribution in [3.05, 3.63) is 57.9 Å². The highest BCUT2D eigenvalue weighted by atomic mass is 35.5. The normalized spacial score (nSPS) is 11.6. The average molecular weight is 502 g/mol. The third kappa shape index (κ3) is 4.74. The molecule has 0 aliphatic carbocycles. The molecule has 3 heterocycles. The molecule has 33 heavy (non-hydrogen) atoms. The van der Waals surface area contributed by atoms with Crippen LogP contribution in [0.15, 0.2) is 52.9 Å². The van der Waals surface area contributed by atoms with E-state index in [0.29, 0.717) is 27.6 Å². The zero-order chi connectivity index (χ0) is 23.6. The smallest absolute Gasteiger partial charge is 0.349 e. The number of hydrogen-bond acceptors (Lipinski definition) is 8. The maximum absolute atomic E-state index is 12.6. The van der Waals surface area contributed by atoms with Crippen molar-refractivity contribution < 1.29 is 17.9 Å². The Bertz CT molecular complexity index is 1440. The van der Waals surface area contributed by atoms with Crippen molar-refractivity contribution in [1.29, 1.82) is 0 Å². The van der Waals surface area contributed by atoms with Gasteiger partial charge < -0.3 is 10.1 Å². The Labute approximate surface area is 200 Å². The van der Waals surface area contributed by atoms with E-state index in [1.165, 1.54) is 29.3 Å². The maximum atomic E-state index is 12.6. The molecule has 0 aliphatic heterocycles. The molecular weight excluding hydrogens is 485 g/mol. The van der Waals surface area contributed by atoms with E-state index in [4.69, 9.17) is 19.4 Å². The number of aromatic nitrogens is 3. The average Bonchev–Trinajstić information content (AvgIpc) is 3.44. The molecule has 0 fully saturated rings. The van der Waals surface area contributed by atoms with E-state index < -0.39 is 16.0 Å². The Morgan fingerprint density at radius 2 is 2.06 bits per heavy atom. The summed E-state index contributed by atoms with van der Waals surface area (Å²) in [6.45, 7) is 0.262. The van der Waals surface area contributed by atoms with Gasteiger partial charge in [-0.25, -0.2) is 22.9 Å². The number of methoxy groups -OCH3 is 1. The minimum atomic E-state index is -3.90. The van der Waals surface area contributed by atoms with Gasteiger partial charge in [0.15, 0.2) is 5.65 Å². The van der Waals surface area contributed by atoms with Gasteiger partial charge in [-0.2, -0.15) is 9.61 Å². The van der Waals surface area contributed by atoms with Gasteiger partial charge in [0.2, 0.25) is 10.0 Å². The number of nitrogens with one attached hydrogen (secondary N) is 2. The van der Waals surface area contributed by atoms with Gasteiger partial charge in [-0.1, -0.05) is 29.8 Å². The van der Waals surface area contributed by atoms with Crippen molar-refractivity contribution in [2.75, 3.05) is 25.5 Å². The molecule has 168 valence electrons. The summed E-state index contributed by atoms with van der Waals surface area (Å²) in [5.74, 6) is -0.150. The van der Waals surface area contributed by atoms with Gasteiger partial charge in [-0.05, 0) is 23.0 Å². The third-order valence-corrected chi connectivity index (χ3v) is 7.52. The number of rotatable bonds is 8. The molecule has 2 radical (unpaired) electrons. The van der Waals surface area contributed by atoms with E-state index >= 15 is 0 Å². The summed E-state index contributed by atoms with van der Waals surface area (Å²) >= 11 is 7.32. The molecule has 0 unspecified atom stereocenters. The lowest BCUT2D eigenvalue weighted by Gasteiger charge is -2.12. The van der Waals surface area contributed by atoms with Crippen molar-refractivity contribution >= 4 is 63.7 Å². The summed E-state index contributed by atoms with van der Waals surface area (Å²) < 4.78 is 33.9. The number of carbonyl (C=O) groups is 1. The Morgan fingerprint density at radius 3 is 2.82 bits per heavy atom. The summed E-state index contributed by atoms with van der Waals surface area (Å²) in [5.41, 5.74) is 2.14. The molecule has 4 rings (SSSR count). The molecule has 0 saturated heterocycles. The molecule has 3 aromatic heterocycles. The van der Waals surface area contributed by atoms with Crippen LogP contribution in [0.5, 0.6) is 0 Å². The Hall–Kier alpha value is -2.93. The molecular formula is C20H17BClN5O4S2. The summed E-state index contributed by atoms with van der Waals surface area (Å²) in [4.78, 5) is 16.3. The Morgan fingerprint density at radius 1 is 1.27 bits per heavy atom. The van der Waals surface area contributed by atoms with Gasteiger partial charge in [0.05, 0.1) is 12.8 Å².